The summed E-state index contributed by atoms with van der Waals surface area (Å²) in [7, 11) is -3.74. The molecule has 0 spiro atoms. The molecule has 6 nitrogen and oxygen atoms in total. The number of sulfonamides is 1. The normalized spacial score (nSPS) is 24.8. The van der Waals surface area contributed by atoms with Crippen LogP contribution in [0.15, 0.2) is 20.0 Å². The van der Waals surface area contributed by atoms with Crippen molar-refractivity contribution in [1.29, 1.82) is 0 Å². The maximum atomic E-state index is 12.6. The quantitative estimate of drug-likeness (QED) is 0.888. The predicted molar refractivity (Wildman–Crippen MR) is 75.1 cm³/mol. The van der Waals surface area contributed by atoms with E-state index in [1.807, 2.05) is 13.8 Å². The fraction of sp³-hybridized carbons (Fsp3) is 0.583. The van der Waals surface area contributed by atoms with Gasteiger partial charge in [-0.1, -0.05) is 13.8 Å². The summed E-state index contributed by atoms with van der Waals surface area (Å²) in [5.74, 6) is -1.14. The van der Waals surface area contributed by atoms with Crippen LogP contribution in [0.4, 0.5) is 0 Å². The second-order valence-corrected chi connectivity index (χ2v) is 7.95. The van der Waals surface area contributed by atoms with E-state index >= 15 is 0 Å². The first kappa shape index (κ1) is 15.5. The molecule has 1 aromatic heterocycles. The molecule has 20 heavy (non-hydrogen) atoms. The number of carboxylic acid groups (broad SMARTS) is 1. The molecule has 1 aliphatic heterocycles. The Morgan fingerprint density at radius 1 is 1.40 bits per heavy atom. The fourth-order valence-corrected chi connectivity index (χ4v) is 5.16. The van der Waals surface area contributed by atoms with Gasteiger partial charge in [0.1, 0.15) is 4.90 Å². The van der Waals surface area contributed by atoms with Crippen LogP contribution in [-0.4, -0.2) is 36.9 Å². The van der Waals surface area contributed by atoms with Crippen LogP contribution in [0.2, 0.25) is 0 Å². The van der Waals surface area contributed by atoms with Gasteiger partial charge < -0.3 is 9.52 Å². The molecule has 1 aliphatic rings. The van der Waals surface area contributed by atoms with E-state index in [-0.39, 0.29) is 21.4 Å². The standard InChI is InChI=1S/C12H16BrNO5S/c1-7-3-8(2)6-14(5-7)20(17,18)10-4-9(12(15)16)19-11(10)13/h4,7-8H,3,5-6H2,1-2H3,(H,15,16). The van der Waals surface area contributed by atoms with Crippen LogP contribution < -0.4 is 0 Å². The molecule has 112 valence electrons. The van der Waals surface area contributed by atoms with Crippen LogP contribution in [0.25, 0.3) is 0 Å². The smallest absolute Gasteiger partial charge is 0.371 e. The number of hydrogen-bond acceptors (Lipinski definition) is 4. The van der Waals surface area contributed by atoms with E-state index in [9.17, 15) is 13.2 Å². The number of carboxylic acids is 1. The van der Waals surface area contributed by atoms with Crippen LogP contribution >= 0.6 is 15.9 Å². The number of halogens is 1. The molecular weight excluding hydrogens is 350 g/mol. The monoisotopic (exact) mass is 365 g/mol. The van der Waals surface area contributed by atoms with Crippen molar-refractivity contribution in [1.82, 2.24) is 4.31 Å². The lowest BCUT2D eigenvalue weighted by Gasteiger charge is -2.33. The van der Waals surface area contributed by atoms with Crippen molar-refractivity contribution in [3.05, 3.63) is 16.5 Å². The molecule has 2 unspecified atom stereocenters. The van der Waals surface area contributed by atoms with Crippen molar-refractivity contribution in [2.75, 3.05) is 13.1 Å². The van der Waals surface area contributed by atoms with E-state index in [2.05, 4.69) is 15.9 Å². The Kier molecular flexibility index (Phi) is 4.27. The van der Waals surface area contributed by atoms with E-state index in [0.29, 0.717) is 13.1 Å². The molecule has 0 saturated carbocycles. The maximum Gasteiger partial charge on any atom is 0.371 e. The average molecular weight is 366 g/mol. The van der Waals surface area contributed by atoms with Crippen LogP contribution in [-0.2, 0) is 10.0 Å². The largest absolute Gasteiger partial charge is 0.475 e. The maximum absolute atomic E-state index is 12.6. The Balaban J connectivity index is 2.37. The third-order valence-electron chi connectivity index (χ3n) is 3.32. The molecule has 0 aromatic carbocycles. The molecule has 0 aliphatic carbocycles. The summed E-state index contributed by atoms with van der Waals surface area (Å²) >= 11 is 2.98. The van der Waals surface area contributed by atoms with Gasteiger partial charge in [0.15, 0.2) is 4.67 Å². The van der Waals surface area contributed by atoms with Crippen molar-refractivity contribution in [2.24, 2.45) is 11.8 Å². The lowest BCUT2D eigenvalue weighted by Crippen LogP contribution is -2.42. The van der Waals surface area contributed by atoms with Gasteiger partial charge in [-0.25, -0.2) is 13.2 Å². The minimum absolute atomic E-state index is 0.0687. The predicted octanol–water partition coefficient (Wildman–Crippen LogP) is 2.41. The van der Waals surface area contributed by atoms with E-state index in [1.165, 1.54) is 4.31 Å². The molecular formula is C12H16BrNO5S. The van der Waals surface area contributed by atoms with Gasteiger partial charge in [-0.2, -0.15) is 4.31 Å². The van der Waals surface area contributed by atoms with Gasteiger partial charge in [0.25, 0.3) is 0 Å². The van der Waals surface area contributed by atoms with Crippen molar-refractivity contribution < 1.29 is 22.7 Å². The molecule has 1 fully saturated rings. The summed E-state index contributed by atoms with van der Waals surface area (Å²) in [5, 5.41) is 8.86. The molecule has 1 saturated heterocycles. The Bertz CT molecular complexity index is 614. The first-order valence-corrected chi connectivity index (χ1v) is 8.48. The molecule has 1 aromatic rings. The van der Waals surface area contributed by atoms with Crippen LogP contribution in [0, 0.1) is 11.8 Å². The van der Waals surface area contributed by atoms with Crippen molar-refractivity contribution in [2.45, 2.75) is 25.2 Å². The number of hydrogen-bond donors (Lipinski definition) is 1. The van der Waals surface area contributed by atoms with E-state index in [0.717, 1.165) is 12.5 Å². The van der Waals surface area contributed by atoms with Crippen LogP contribution in [0.3, 0.4) is 0 Å². The summed E-state index contributed by atoms with van der Waals surface area (Å²) in [5.41, 5.74) is 0. The summed E-state index contributed by atoms with van der Waals surface area (Å²) in [4.78, 5) is 10.7. The third kappa shape index (κ3) is 2.91. The Labute approximate surface area is 125 Å². The SMILES string of the molecule is CC1CC(C)CN(S(=O)(=O)c2cc(C(=O)O)oc2Br)C1. The highest BCUT2D eigenvalue weighted by Crippen LogP contribution is 2.32. The molecule has 0 radical (unpaired) electrons. The van der Waals surface area contributed by atoms with Gasteiger partial charge in [-0.05, 0) is 34.2 Å². The number of aromatic carboxylic acids is 1. The second-order valence-electron chi connectivity index (χ2n) is 5.32. The Morgan fingerprint density at radius 2 is 1.95 bits per heavy atom. The highest BCUT2D eigenvalue weighted by molar-refractivity contribution is 9.10. The van der Waals surface area contributed by atoms with Gasteiger partial charge in [0.05, 0.1) is 0 Å². The van der Waals surface area contributed by atoms with Gasteiger partial charge in [-0.3, -0.25) is 0 Å². The molecule has 0 bridgehead atoms. The molecule has 0 amide bonds. The summed E-state index contributed by atoms with van der Waals surface area (Å²) in [6.07, 6.45) is 0.985. The number of rotatable bonds is 3. The van der Waals surface area contributed by atoms with Gasteiger partial charge in [-0.15, -0.1) is 0 Å². The van der Waals surface area contributed by atoms with Gasteiger partial charge >= 0.3 is 5.97 Å². The lowest BCUT2D eigenvalue weighted by atomic mass is 9.94. The number of furan rings is 1. The topological polar surface area (TPSA) is 87.8 Å². The number of piperidine rings is 1. The molecule has 2 atom stereocenters. The molecule has 2 heterocycles. The summed E-state index contributed by atoms with van der Waals surface area (Å²) < 4.78 is 31.4. The minimum Gasteiger partial charge on any atom is -0.475 e. The molecule has 2 rings (SSSR count). The van der Waals surface area contributed by atoms with E-state index in [1.54, 1.807) is 0 Å². The summed E-state index contributed by atoms with van der Waals surface area (Å²) in [6, 6.07) is 1.05. The second kappa shape index (κ2) is 5.50. The number of carbonyl (C=O) groups is 1. The Morgan fingerprint density at radius 3 is 2.40 bits per heavy atom. The van der Waals surface area contributed by atoms with E-state index in [4.69, 9.17) is 9.52 Å². The Hall–Kier alpha value is -0.860. The highest BCUT2D eigenvalue weighted by Gasteiger charge is 2.35. The highest BCUT2D eigenvalue weighted by atomic mass is 79.9. The molecule has 1 N–H and O–H groups in total. The first-order valence-electron chi connectivity index (χ1n) is 6.24. The molecule has 8 heteroatoms. The van der Waals surface area contributed by atoms with Crippen LogP contribution in [0.1, 0.15) is 30.8 Å². The van der Waals surface area contributed by atoms with Gasteiger partial charge in [0.2, 0.25) is 15.8 Å². The van der Waals surface area contributed by atoms with Crippen molar-refractivity contribution in [3.63, 3.8) is 0 Å². The average Bonchev–Trinajstić information content (AvgIpc) is 2.71. The summed E-state index contributed by atoms with van der Waals surface area (Å²) in [6.45, 7) is 4.88. The zero-order chi connectivity index (χ0) is 15.1. The lowest BCUT2D eigenvalue weighted by molar-refractivity contribution is 0.0661. The third-order valence-corrected chi connectivity index (χ3v) is 6.01. The zero-order valence-corrected chi connectivity index (χ0v) is 13.6. The van der Waals surface area contributed by atoms with Gasteiger partial charge in [0, 0.05) is 19.2 Å². The first-order chi connectivity index (χ1) is 9.21. The zero-order valence-electron chi connectivity index (χ0n) is 11.2. The number of nitrogens with zero attached hydrogens (tertiary/aromatic N) is 1. The van der Waals surface area contributed by atoms with E-state index < -0.39 is 21.8 Å². The van der Waals surface area contributed by atoms with Crippen molar-refractivity contribution >= 4 is 31.9 Å². The minimum atomic E-state index is -3.74. The van der Waals surface area contributed by atoms with Crippen LogP contribution in [0.5, 0.6) is 0 Å². The van der Waals surface area contributed by atoms with Crippen molar-refractivity contribution in [3.8, 4) is 0 Å². The fourth-order valence-electron chi connectivity index (χ4n) is 2.57.